The highest BCUT2D eigenvalue weighted by Gasteiger charge is 2.52. The van der Waals surface area contributed by atoms with Crippen LogP contribution in [0.4, 0.5) is 13.2 Å². The molecule has 14 heteroatoms. The summed E-state index contributed by atoms with van der Waals surface area (Å²) in [5.74, 6) is -1.07. The summed E-state index contributed by atoms with van der Waals surface area (Å²) in [6.45, 7) is 15.0. The van der Waals surface area contributed by atoms with E-state index in [4.69, 9.17) is 30.5 Å². The lowest BCUT2D eigenvalue weighted by Crippen LogP contribution is -2.41. The predicted molar refractivity (Wildman–Crippen MR) is 185 cm³/mol. The van der Waals surface area contributed by atoms with Crippen LogP contribution in [-0.4, -0.2) is 39.8 Å². The Balaban J connectivity index is 0.000000210. The predicted octanol–water partition coefficient (Wildman–Crippen LogP) is 7.58. The zero-order chi connectivity index (χ0) is 37.2. The zero-order valence-corrected chi connectivity index (χ0v) is 30.6. The lowest BCUT2D eigenvalue weighted by atomic mass is 9.75. The third-order valence-electron chi connectivity index (χ3n) is 8.64. The fourth-order valence-electron chi connectivity index (χ4n) is 4.96. The van der Waals surface area contributed by atoms with Crippen molar-refractivity contribution in [2.75, 3.05) is 7.11 Å². The molecule has 1 aliphatic heterocycles. The van der Waals surface area contributed by atoms with E-state index in [1.54, 1.807) is 25.1 Å². The molecular formula is C35H42BClF3NO7S. The van der Waals surface area contributed by atoms with Crippen LogP contribution in [0.15, 0.2) is 76.0 Å². The van der Waals surface area contributed by atoms with E-state index in [1.165, 1.54) is 14.0 Å². The Bertz CT molecular complexity index is 1890. The van der Waals surface area contributed by atoms with E-state index in [0.29, 0.717) is 16.5 Å². The van der Waals surface area contributed by atoms with Crippen LogP contribution in [0, 0.1) is 13.8 Å². The van der Waals surface area contributed by atoms with Crippen molar-refractivity contribution in [2.45, 2.75) is 89.6 Å². The smallest absolute Gasteiger partial charge is 0.468 e. The SMILES string of the molecule is COC(=O)C(C)(C)c1cccc(B2OC(C)(C)C(C)(C)O2)c1.Cc1cc(C(F)(F)F)oc1CN.Cc1ccc2ccccc2c1S(=O)(=O)Cl. The minimum Gasteiger partial charge on any atom is -0.468 e. The van der Waals surface area contributed by atoms with Crippen molar-refractivity contribution in [3.8, 4) is 0 Å². The molecule has 5 rings (SSSR count). The number of carbonyl (C=O) groups is 1. The maximum absolute atomic E-state index is 12.0. The lowest BCUT2D eigenvalue weighted by molar-refractivity contribution is -0.153. The summed E-state index contributed by atoms with van der Waals surface area (Å²) in [6.07, 6.45) is -4.42. The Hall–Kier alpha value is -3.36. The second kappa shape index (κ2) is 14.9. The molecule has 266 valence electrons. The first kappa shape index (κ1) is 40.1. The van der Waals surface area contributed by atoms with E-state index in [-0.39, 0.29) is 34.4 Å². The van der Waals surface area contributed by atoms with Gasteiger partial charge in [0.25, 0.3) is 9.05 Å². The number of rotatable bonds is 5. The fraction of sp³-hybridized carbons (Fsp3) is 0.400. The monoisotopic (exact) mass is 723 g/mol. The number of furan rings is 1. The number of nitrogens with two attached hydrogens (primary N) is 1. The number of hydrogen-bond donors (Lipinski definition) is 1. The van der Waals surface area contributed by atoms with Gasteiger partial charge in [0, 0.05) is 16.1 Å². The molecule has 0 amide bonds. The molecule has 49 heavy (non-hydrogen) atoms. The quantitative estimate of drug-likeness (QED) is 0.127. The third-order valence-corrected chi connectivity index (χ3v) is 10.1. The number of hydrogen-bond acceptors (Lipinski definition) is 8. The van der Waals surface area contributed by atoms with E-state index in [2.05, 4.69) is 4.42 Å². The molecule has 0 bridgehead atoms. The van der Waals surface area contributed by atoms with Crippen molar-refractivity contribution in [1.29, 1.82) is 0 Å². The molecule has 1 aromatic heterocycles. The Kier molecular flexibility index (Phi) is 12.2. The minimum absolute atomic E-state index is 0.0120. The molecule has 0 spiro atoms. The summed E-state index contributed by atoms with van der Waals surface area (Å²) >= 11 is 0. The van der Waals surface area contributed by atoms with Gasteiger partial charge >= 0.3 is 19.3 Å². The van der Waals surface area contributed by atoms with Gasteiger partial charge in [-0.05, 0) is 89.0 Å². The van der Waals surface area contributed by atoms with Gasteiger partial charge in [0.05, 0.1) is 35.2 Å². The van der Waals surface area contributed by atoms with E-state index in [1.807, 2.05) is 84.0 Å². The second-order valence-corrected chi connectivity index (χ2v) is 15.6. The highest BCUT2D eigenvalue weighted by atomic mass is 35.7. The third kappa shape index (κ3) is 9.26. The molecule has 3 aromatic carbocycles. The van der Waals surface area contributed by atoms with Gasteiger partial charge in [0.15, 0.2) is 0 Å². The molecule has 0 atom stereocenters. The molecular weight excluding hydrogens is 682 g/mol. The van der Waals surface area contributed by atoms with Crippen LogP contribution in [0.3, 0.4) is 0 Å². The van der Waals surface area contributed by atoms with E-state index in [0.717, 1.165) is 22.5 Å². The largest absolute Gasteiger partial charge is 0.494 e. The van der Waals surface area contributed by atoms with Crippen molar-refractivity contribution in [1.82, 2.24) is 0 Å². The Morgan fingerprint density at radius 1 is 0.918 bits per heavy atom. The number of methoxy groups -OCH3 is 1. The van der Waals surface area contributed by atoms with Crippen LogP contribution < -0.4 is 11.2 Å². The number of ether oxygens (including phenoxy) is 1. The number of carbonyl (C=O) groups excluding carboxylic acids is 1. The summed E-state index contributed by atoms with van der Waals surface area (Å²) in [5.41, 5.74) is 6.56. The molecule has 0 radical (unpaired) electrons. The van der Waals surface area contributed by atoms with Crippen molar-refractivity contribution in [3.05, 3.63) is 94.9 Å². The van der Waals surface area contributed by atoms with Crippen molar-refractivity contribution < 1.29 is 44.8 Å². The minimum atomic E-state index is -4.42. The number of alkyl halides is 3. The molecule has 1 aliphatic rings. The lowest BCUT2D eigenvalue weighted by Gasteiger charge is -2.32. The maximum Gasteiger partial charge on any atom is 0.494 e. The number of aryl methyl sites for hydroxylation is 2. The van der Waals surface area contributed by atoms with E-state index < -0.39 is 33.5 Å². The summed E-state index contributed by atoms with van der Waals surface area (Å²) in [7, 11) is 2.70. The number of halogens is 4. The average Bonchev–Trinajstić information content (AvgIpc) is 3.51. The summed E-state index contributed by atoms with van der Waals surface area (Å²) in [6, 6.07) is 19.6. The molecule has 1 fully saturated rings. The standard InChI is InChI=1S/C17H25BO4.C11H9ClO2S.C7H8F3NO/c1-15(2,14(19)20-7)12-9-8-10-13(11-12)18-21-16(3,4)17(5,6)22-18;1-8-6-7-9-4-2-3-5-10(9)11(8)15(12,13)14;1-4-2-6(7(8,9)10)12-5(4)3-11/h8-11H,1-7H3;2-7H,1H3;2H,3,11H2,1H3. The topological polar surface area (TPSA) is 118 Å². The summed E-state index contributed by atoms with van der Waals surface area (Å²) in [5, 5.41) is 1.55. The molecule has 1 saturated heterocycles. The molecule has 0 aliphatic carbocycles. The summed E-state index contributed by atoms with van der Waals surface area (Å²) in [4.78, 5) is 12.2. The van der Waals surface area contributed by atoms with Gasteiger partial charge in [-0.15, -0.1) is 0 Å². The van der Waals surface area contributed by atoms with Crippen molar-refractivity contribution in [2.24, 2.45) is 5.73 Å². The molecule has 4 aromatic rings. The molecule has 8 nitrogen and oxygen atoms in total. The number of fused-ring (bicyclic) bond motifs is 1. The van der Waals surface area contributed by atoms with Gasteiger partial charge in [0.1, 0.15) is 5.76 Å². The van der Waals surface area contributed by atoms with Gasteiger partial charge < -0.3 is 24.2 Å². The van der Waals surface area contributed by atoms with Gasteiger partial charge in [-0.2, -0.15) is 13.2 Å². The molecule has 2 N–H and O–H groups in total. The Morgan fingerprint density at radius 2 is 1.51 bits per heavy atom. The Morgan fingerprint density at radius 3 is 2.00 bits per heavy atom. The fourth-order valence-corrected chi connectivity index (χ4v) is 6.48. The van der Waals surface area contributed by atoms with Crippen LogP contribution in [0.2, 0.25) is 0 Å². The van der Waals surface area contributed by atoms with Crippen LogP contribution in [-0.2, 0) is 46.0 Å². The van der Waals surface area contributed by atoms with E-state index >= 15 is 0 Å². The average molecular weight is 724 g/mol. The molecule has 0 saturated carbocycles. The first-order chi connectivity index (χ1) is 22.5. The van der Waals surface area contributed by atoms with Crippen LogP contribution in [0.1, 0.15) is 69.8 Å². The van der Waals surface area contributed by atoms with Crippen molar-refractivity contribution in [3.63, 3.8) is 0 Å². The van der Waals surface area contributed by atoms with Crippen LogP contribution >= 0.6 is 10.7 Å². The van der Waals surface area contributed by atoms with Crippen molar-refractivity contribution >= 4 is 49.1 Å². The van der Waals surface area contributed by atoms with Gasteiger partial charge in [-0.3, -0.25) is 4.79 Å². The van der Waals surface area contributed by atoms with Gasteiger partial charge in [-0.25, -0.2) is 8.42 Å². The zero-order valence-electron chi connectivity index (χ0n) is 29.0. The highest BCUT2D eigenvalue weighted by molar-refractivity contribution is 8.14. The first-order valence-corrected chi connectivity index (χ1v) is 17.6. The van der Waals surface area contributed by atoms with Gasteiger partial charge in [-0.1, -0.05) is 60.7 Å². The molecule has 0 unspecified atom stereocenters. The van der Waals surface area contributed by atoms with Crippen LogP contribution in [0.5, 0.6) is 0 Å². The maximum atomic E-state index is 12.0. The summed E-state index contributed by atoms with van der Waals surface area (Å²) < 4.78 is 80.3. The Labute approximate surface area is 290 Å². The van der Waals surface area contributed by atoms with Crippen LogP contribution in [0.25, 0.3) is 10.8 Å². The number of esters is 1. The molecule has 2 heterocycles. The first-order valence-electron chi connectivity index (χ1n) is 15.3. The highest BCUT2D eigenvalue weighted by Crippen LogP contribution is 2.37. The van der Waals surface area contributed by atoms with E-state index in [9.17, 15) is 26.4 Å². The van der Waals surface area contributed by atoms with Gasteiger partial charge in [0.2, 0.25) is 5.76 Å². The normalized spacial score (nSPS) is 15.6. The number of benzene rings is 3. The second-order valence-electron chi connectivity index (χ2n) is 13.1.